The first-order valence-corrected chi connectivity index (χ1v) is 8.82. The average Bonchev–Trinajstić information content (AvgIpc) is 2.18. The molecule has 0 unspecified atom stereocenters. The highest BCUT2D eigenvalue weighted by Gasteiger charge is 2.36. The smallest absolute Gasteiger partial charge is 0.136 e. The van der Waals surface area contributed by atoms with Crippen molar-refractivity contribution in [2.75, 3.05) is 0 Å². The van der Waals surface area contributed by atoms with Gasteiger partial charge in [-0.15, -0.1) is 0 Å². The average molecular weight is 226 g/mol. The summed E-state index contributed by atoms with van der Waals surface area (Å²) in [5, 5.41) is 9.85. The van der Waals surface area contributed by atoms with Gasteiger partial charge >= 0.3 is 0 Å². The van der Waals surface area contributed by atoms with Crippen LogP contribution in [0.5, 0.6) is 0 Å². The molecule has 15 heavy (non-hydrogen) atoms. The summed E-state index contributed by atoms with van der Waals surface area (Å²) in [6.07, 6.45) is 5.17. The Labute approximate surface area is 93.4 Å². The van der Waals surface area contributed by atoms with Gasteiger partial charge in [-0.2, -0.15) is 0 Å². The van der Waals surface area contributed by atoms with Gasteiger partial charge in [0.2, 0.25) is 0 Å². The van der Waals surface area contributed by atoms with E-state index < -0.39 is 8.07 Å². The second kappa shape index (κ2) is 4.97. The van der Waals surface area contributed by atoms with Gasteiger partial charge in [-0.25, -0.2) is 0 Å². The highest BCUT2D eigenvalue weighted by Crippen LogP contribution is 2.29. The van der Waals surface area contributed by atoms with E-state index in [1.54, 1.807) is 0 Å². The SMILES string of the molecule is CC(C)C(O)=CC(=O)[Si]1(C)CCCCC1. The molecule has 1 saturated heterocycles. The monoisotopic (exact) mass is 226 g/mol. The van der Waals surface area contributed by atoms with E-state index >= 15 is 0 Å². The number of carbonyl (C=O) groups is 1. The van der Waals surface area contributed by atoms with Crippen molar-refractivity contribution in [3.8, 4) is 0 Å². The maximum Gasteiger partial charge on any atom is 0.136 e. The fraction of sp³-hybridized carbons (Fsp3) is 0.750. The zero-order valence-corrected chi connectivity index (χ0v) is 11.0. The van der Waals surface area contributed by atoms with Crippen molar-refractivity contribution in [1.82, 2.24) is 0 Å². The lowest BCUT2D eigenvalue weighted by atomic mass is 10.2. The third kappa shape index (κ3) is 3.19. The molecule has 1 heterocycles. The Morgan fingerprint density at radius 2 is 1.80 bits per heavy atom. The molecule has 1 N–H and O–H groups in total. The summed E-state index contributed by atoms with van der Waals surface area (Å²) in [6, 6.07) is 2.21. The minimum absolute atomic E-state index is 0.0649. The lowest BCUT2D eigenvalue weighted by Crippen LogP contribution is -2.41. The van der Waals surface area contributed by atoms with Crippen molar-refractivity contribution in [3.05, 3.63) is 11.8 Å². The molecule has 0 aromatic carbocycles. The zero-order valence-electron chi connectivity index (χ0n) is 10.0. The van der Waals surface area contributed by atoms with Gasteiger partial charge in [0.1, 0.15) is 13.5 Å². The second-order valence-corrected chi connectivity index (χ2v) is 9.82. The summed E-state index contributed by atoms with van der Waals surface area (Å²) < 4.78 is 0. The molecule has 0 radical (unpaired) electrons. The molecule has 1 rings (SSSR count). The van der Waals surface area contributed by atoms with Crippen molar-refractivity contribution >= 4 is 13.5 Å². The fourth-order valence-electron chi connectivity index (χ4n) is 2.05. The van der Waals surface area contributed by atoms with Crippen LogP contribution in [-0.4, -0.2) is 18.6 Å². The molecule has 0 aliphatic carbocycles. The Morgan fingerprint density at radius 1 is 1.27 bits per heavy atom. The number of aliphatic hydroxyl groups is 1. The molecule has 1 fully saturated rings. The van der Waals surface area contributed by atoms with Crippen LogP contribution < -0.4 is 0 Å². The number of aliphatic hydroxyl groups excluding tert-OH is 1. The van der Waals surface area contributed by atoms with Gasteiger partial charge in [0.15, 0.2) is 0 Å². The van der Waals surface area contributed by atoms with Gasteiger partial charge in [0.05, 0.1) is 5.76 Å². The predicted molar refractivity (Wildman–Crippen MR) is 65.6 cm³/mol. The molecule has 0 bridgehead atoms. The number of hydrogen-bond acceptors (Lipinski definition) is 2. The summed E-state index contributed by atoms with van der Waals surface area (Å²) in [5.74, 6) is 0.314. The summed E-state index contributed by atoms with van der Waals surface area (Å²) in [7, 11) is -1.72. The molecule has 0 atom stereocenters. The molecule has 0 saturated carbocycles. The number of rotatable bonds is 3. The first kappa shape index (κ1) is 12.5. The first-order valence-electron chi connectivity index (χ1n) is 5.91. The van der Waals surface area contributed by atoms with Crippen LogP contribution in [0, 0.1) is 5.92 Å². The van der Waals surface area contributed by atoms with Gasteiger partial charge in [0.25, 0.3) is 0 Å². The van der Waals surface area contributed by atoms with Gasteiger partial charge in [-0.3, -0.25) is 0 Å². The zero-order chi connectivity index (χ0) is 11.5. The standard InChI is InChI=1S/C12H22O2Si/c1-10(2)11(13)9-12(14)15(3)7-5-4-6-8-15/h9-10,13H,4-8H2,1-3H3. The van der Waals surface area contributed by atoms with Crippen LogP contribution in [0.3, 0.4) is 0 Å². The van der Waals surface area contributed by atoms with E-state index in [2.05, 4.69) is 6.55 Å². The molecule has 2 nitrogen and oxygen atoms in total. The summed E-state index contributed by atoms with van der Waals surface area (Å²) in [4.78, 5) is 12.1. The lowest BCUT2D eigenvalue weighted by molar-refractivity contribution is -0.109. The molecule has 86 valence electrons. The van der Waals surface area contributed by atoms with Gasteiger partial charge in [-0.05, 0) is 0 Å². The van der Waals surface area contributed by atoms with Gasteiger partial charge in [0, 0.05) is 12.0 Å². The van der Waals surface area contributed by atoms with E-state index in [0.29, 0.717) is 0 Å². The maximum atomic E-state index is 12.1. The Bertz CT molecular complexity index is 263. The van der Waals surface area contributed by atoms with E-state index in [-0.39, 0.29) is 17.1 Å². The fourth-order valence-corrected chi connectivity index (χ4v) is 5.35. The topological polar surface area (TPSA) is 37.3 Å². The lowest BCUT2D eigenvalue weighted by Gasteiger charge is -2.28. The second-order valence-electron chi connectivity index (χ2n) is 5.21. The molecular weight excluding hydrogens is 204 g/mol. The van der Waals surface area contributed by atoms with Crippen LogP contribution in [0.25, 0.3) is 0 Å². The Morgan fingerprint density at radius 3 is 2.27 bits per heavy atom. The molecular formula is C12H22O2Si. The molecule has 1 aliphatic rings. The summed E-state index contributed by atoms with van der Waals surface area (Å²) in [6.45, 7) is 5.98. The maximum absolute atomic E-state index is 12.1. The Hall–Kier alpha value is -0.573. The van der Waals surface area contributed by atoms with Crippen LogP contribution in [0.1, 0.15) is 33.1 Å². The quantitative estimate of drug-likeness (QED) is 0.454. The van der Waals surface area contributed by atoms with E-state index in [9.17, 15) is 9.90 Å². The Balaban J connectivity index is 2.70. The van der Waals surface area contributed by atoms with Crippen LogP contribution in [0.4, 0.5) is 0 Å². The van der Waals surface area contributed by atoms with Crippen LogP contribution in [-0.2, 0) is 4.79 Å². The largest absolute Gasteiger partial charge is 0.512 e. The molecule has 0 amide bonds. The third-order valence-electron chi connectivity index (χ3n) is 3.42. The minimum Gasteiger partial charge on any atom is -0.512 e. The number of allylic oxidation sites excluding steroid dienone is 2. The van der Waals surface area contributed by atoms with E-state index in [1.165, 1.54) is 25.3 Å². The van der Waals surface area contributed by atoms with Gasteiger partial charge < -0.3 is 9.90 Å². The highest BCUT2D eigenvalue weighted by molar-refractivity contribution is 7.06. The van der Waals surface area contributed by atoms with Crippen molar-refractivity contribution in [3.63, 3.8) is 0 Å². The molecule has 0 spiro atoms. The molecule has 3 heteroatoms. The molecule has 0 aromatic rings. The third-order valence-corrected chi connectivity index (χ3v) is 7.67. The number of hydrogen-bond donors (Lipinski definition) is 1. The predicted octanol–water partition coefficient (Wildman–Crippen LogP) is 3.46. The summed E-state index contributed by atoms with van der Waals surface area (Å²) >= 11 is 0. The molecule has 1 aliphatic heterocycles. The van der Waals surface area contributed by atoms with Crippen LogP contribution in [0.15, 0.2) is 11.8 Å². The summed E-state index contributed by atoms with van der Waals surface area (Å²) in [5.41, 5.74) is 0. The van der Waals surface area contributed by atoms with Crippen molar-refractivity contribution in [2.45, 2.75) is 51.7 Å². The van der Waals surface area contributed by atoms with Gasteiger partial charge in [-0.1, -0.05) is 51.7 Å². The number of carbonyl (C=O) groups excluding carboxylic acids is 1. The van der Waals surface area contributed by atoms with E-state index in [1.807, 2.05) is 13.8 Å². The highest BCUT2D eigenvalue weighted by atomic mass is 28.3. The van der Waals surface area contributed by atoms with E-state index in [4.69, 9.17) is 0 Å². The molecule has 0 aromatic heterocycles. The normalized spacial score (nSPS) is 21.7. The van der Waals surface area contributed by atoms with Crippen molar-refractivity contribution in [2.24, 2.45) is 5.92 Å². The van der Waals surface area contributed by atoms with E-state index in [0.717, 1.165) is 12.1 Å². The minimum atomic E-state index is -1.72. The first-order chi connectivity index (χ1) is 6.96. The Kier molecular flexibility index (Phi) is 4.14. The van der Waals surface area contributed by atoms with Crippen LogP contribution in [0.2, 0.25) is 18.6 Å². The van der Waals surface area contributed by atoms with Crippen molar-refractivity contribution < 1.29 is 9.90 Å². The van der Waals surface area contributed by atoms with Crippen molar-refractivity contribution in [1.29, 1.82) is 0 Å². The van der Waals surface area contributed by atoms with Crippen LogP contribution >= 0.6 is 0 Å².